The van der Waals surface area contributed by atoms with Crippen molar-refractivity contribution in [3.05, 3.63) is 58.1 Å². The molecule has 1 amide bonds. The average molecular weight is 433 g/mol. The summed E-state index contributed by atoms with van der Waals surface area (Å²) < 4.78 is 32.0. The molecule has 0 spiro atoms. The molecule has 0 atom stereocenters. The van der Waals surface area contributed by atoms with Gasteiger partial charge in [0.2, 0.25) is 10.0 Å². The van der Waals surface area contributed by atoms with E-state index in [1.165, 1.54) is 53.9 Å². The molecule has 0 bridgehead atoms. The average Bonchev–Trinajstić information content (AvgIpc) is 2.74. The number of benzene rings is 2. The summed E-state index contributed by atoms with van der Waals surface area (Å²) >= 11 is 0. The van der Waals surface area contributed by atoms with Crippen LogP contribution in [0.4, 0.5) is 11.4 Å². The maximum Gasteiger partial charge on any atom is 0.296 e. The number of anilines is 1. The lowest BCUT2D eigenvalue weighted by Gasteiger charge is -2.29. The Morgan fingerprint density at radius 3 is 2.37 bits per heavy atom. The third-order valence-electron chi connectivity index (χ3n) is 5.15. The Bertz CT molecular complexity index is 1040. The number of piperidine rings is 1. The SMILES string of the molecule is COc1ccc(NC(=O)c2ccc(S(=O)(=O)N3CCC(C)CC3)cc2)c([N+](=O)[O-])c1. The van der Waals surface area contributed by atoms with Gasteiger partial charge in [0.05, 0.1) is 23.0 Å². The van der Waals surface area contributed by atoms with Gasteiger partial charge >= 0.3 is 0 Å². The van der Waals surface area contributed by atoms with Gasteiger partial charge in [-0.05, 0) is 55.2 Å². The molecule has 2 aromatic rings. The Kier molecular flexibility index (Phi) is 6.37. The number of methoxy groups -OCH3 is 1. The molecule has 1 heterocycles. The van der Waals surface area contributed by atoms with Gasteiger partial charge in [0.25, 0.3) is 11.6 Å². The summed E-state index contributed by atoms with van der Waals surface area (Å²) in [5, 5.41) is 13.8. The molecule has 1 N–H and O–H groups in total. The van der Waals surface area contributed by atoms with E-state index in [4.69, 9.17) is 4.74 Å². The van der Waals surface area contributed by atoms with E-state index in [2.05, 4.69) is 12.2 Å². The first kappa shape index (κ1) is 21.7. The van der Waals surface area contributed by atoms with E-state index in [1.54, 1.807) is 0 Å². The number of carbonyl (C=O) groups is 1. The van der Waals surface area contributed by atoms with Crippen molar-refractivity contribution in [3.8, 4) is 5.75 Å². The van der Waals surface area contributed by atoms with Crippen molar-refractivity contribution in [1.82, 2.24) is 4.31 Å². The second-order valence-electron chi connectivity index (χ2n) is 7.21. The van der Waals surface area contributed by atoms with Crippen LogP contribution in [0.2, 0.25) is 0 Å². The van der Waals surface area contributed by atoms with Crippen LogP contribution in [0.15, 0.2) is 47.4 Å². The maximum absolute atomic E-state index is 12.8. The molecule has 2 aromatic carbocycles. The van der Waals surface area contributed by atoms with Crippen LogP contribution >= 0.6 is 0 Å². The smallest absolute Gasteiger partial charge is 0.296 e. The normalized spacial score (nSPS) is 15.5. The van der Waals surface area contributed by atoms with Crippen LogP contribution in [-0.4, -0.2) is 43.8 Å². The van der Waals surface area contributed by atoms with Crippen LogP contribution in [0.5, 0.6) is 5.75 Å². The lowest BCUT2D eigenvalue weighted by Crippen LogP contribution is -2.37. The number of hydrogen-bond donors (Lipinski definition) is 1. The Labute approximate surface area is 174 Å². The zero-order valence-electron chi connectivity index (χ0n) is 16.7. The monoisotopic (exact) mass is 433 g/mol. The number of ether oxygens (including phenoxy) is 1. The summed E-state index contributed by atoms with van der Waals surface area (Å²) in [6, 6.07) is 9.64. The van der Waals surface area contributed by atoms with Gasteiger partial charge in [-0.15, -0.1) is 0 Å². The first-order chi connectivity index (χ1) is 14.2. The van der Waals surface area contributed by atoms with E-state index in [-0.39, 0.29) is 21.8 Å². The highest BCUT2D eigenvalue weighted by Gasteiger charge is 2.28. The standard InChI is InChI=1S/C20H23N3O6S/c1-14-9-11-22(12-10-14)30(27,28)17-6-3-15(4-7-17)20(24)21-18-8-5-16(29-2)13-19(18)23(25)26/h3-8,13-14H,9-12H2,1-2H3,(H,21,24). The fourth-order valence-corrected chi connectivity index (χ4v) is 4.71. The van der Waals surface area contributed by atoms with Crippen LogP contribution in [0.1, 0.15) is 30.1 Å². The Morgan fingerprint density at radius 1 is 1.17 bits per heavy atom. The number of sulfonamides is 1. The van der Waals surface area contributed by atoms with E-state index < -0.39 is 20.9 Å². The van der Waals surface area contributed by atoms with Crippen molar-refractivity contribution in [2.45, 2.75) is 24.7 Å². The summed E-state index contributed by atoms with van der Waals surface area (Å²) in [5.74, 6) is 0.213. The molecular weight excluding hydrogens is 410 g/mol. The Balaban J connectivity index is 1.77. The largest absolute Gasteiger partial charge is 0.496 e. The molecule has 1 aliphatic rings. The number of rotatable bonds is 6. The molecule has 0 unspecified atom stereocenters. The van der Waals surface area contributed by atoms with Crippen LogP contribution in [0.3, 0.4) is 0 Å². The fraction of sp³-hybridized carbons (Fsp3) is 0.350. The number of nitrogens with zero attached hydrogens (tertiary/aromatic N) is 2. The highest BCUT2D eigenvalue weighted by molar-refractivity contribution is 7.89. The fourth-order valence-electron chi connectivity index (χ4n) is 3.24. The van der Waals surface area contributed by atoms with Crippen LogP contribution in [0.25, 0.3) is 0 Å². The summed E-state index contributed by atoms with van der Waals surface area (Å²) in [6.45, 7) is 3.06. The van der Waals surface area contributed by atoms with Crippen molar-refractivity contribution >= 4 is 27.3 Å². The number of nitro benzene ring substituents is 1. The van der Waals surface area contributed by atoms with Gasteiger partial charge in [-0.1, -0.05) is 6.92 Å². The molecule has 0 saturated carbocycles. The lowest BCUT2D eigenvalue weighted by molar-refractivity contribution is -0.384. The van der Waals surface area contributed by atoms with Gasteiger partial charge in [0, 0.05) is 18.7 Å². The van der Waals surface area contributed by atoms with Gasteiger partial charge < -0.3 is 10.1 Å². The first-order valence-electron chi connectivity index (χ1n) is 9.46. The van der Waals surface area contributed by atoms with Gasteiger partial charge in [-0.3, -0.25) is 14.9 Å². The number of carbonyl (C=O) groups excluding carboxylic acids is 1. The highest BCUT2D eigenvalue weighted by atomic mass is 32.2. The lowest BCUT2D eigenvalue weighted by atomic mass is 10.0. The molecule has 3 rings (SSSR count). The zero-order valence-corrected chi connectivity index (χ0v) is 17.5. The summed E-state index contributed by atoms with van der Waals surface area (Å²) in [7, 11) is -2.23. The predicted octanol–water partition coefficient (Wildman–Crippen LogP) is 3.28. The molecule has 10 heteroatoms. The van der Waals surface area contributed by atoms with Crippen LogP contribution < -0.4 is 10.1 Å². The quantitative estimate of drug-likeness (QED) is 0.552. The van der Waals surface area contributed by atoms with Crippen molar-refractivity contribution in [3.63, 3.8) is 0 Å². The molecular formula is C20H23N3O6S. The number of nitrogens with one attached hydrogen (secondary N) is 1. The van der Waals surface area contributed by atoms with E-state index in [9.17, 15) is 23.3 Å². The second kappa shape index (κ2) is 8.80. The first-order valence-corrected chi connectivity index (χ1v) is 10.9. The maximum atomic E-state index is 12.8. The molecule has 0 aliphatic carbocycles. The molecule has 30 heavy (non-hydrogen) atoms. The van der Waals surface area contributed by atoms with E-state index in [0.717, 1.165) is 12.8 Å². The molecule has 160 valence electrons. The van der Waals surface area contributed by atoms with Gasteiger partial charge in [-0.2, -0.15) is 4.31 Å². The number of nitro groups is 1. The van der Waals surface area contributed by atoms with Gasteiger partial charge in [-0.25, -0.2) is 8.42 Å². The predicted molar refractivity (Wildman–Crippen MR) is 111 cm³/mol. The van der Waals surface area contributed by atoms with Crippen molar-refractivity contribution in [1.29, 1.82) is 0 Å². The van der Waals surface area contributed by atoms with E-state index >= 15 is 0 Å². The number of amides is 1. The van der Waals surface area contributed by atoms with Gasteiger partial charge in [0.1, 0.15) is 11.4 Å². The number of hydrogen-bond acceptors (Lipinski definition) is 6. The summed E-state index contributed by atoms with van der Waals surface area (Å²) in [6.07, 6.45) is 1.64. The van der Waals surface area contributed by atoms with E-state index in [1.807, 2.05) is 0 Å². The van der Waals surface area contributed by atoms with E-state index in [0.29, 0.717) is 24.8 Å². The molecule has 1 saturated heterocycles. The zero-order chi connectivity index (χ0) is 21.9. The molecule has 0 radical (unpaired) electrons. The van der Waals surface area contributed by atoms with Gasteiger partial charge in [0.15, 0.2) is 0 Å². The molecule has 1 aliphatic heterocycles. The minimum Gasteiger partial charge on any atom is -0.496 e. The molecule has 9 nitrogen and oxygen atoms in total. The van der Waals surface area contributed by atoms with Crippen LogP contribution in [0, 0.1) is 16.0 Å². The molecule has 0 aromatic heterocycles. The topological polar surface area (TPSA) is 119 Å². The van der Waals surface area contributed by atoms with Crippen molar-refractivity contribution in [2.75, 3.05) is 25.5 Å². The Hall–Kier alpha value is -2.98. The summed E-state index contributed by atoms with van der Waals surface area (Å²) in [4.78, 5) is 23.3. The van der Waals surface area contributed by atoms with Crippen molar-refractivity contribution < 1.29 is 22.9 Å². The third kappa shape index (κ3) is 4.60. The highest BCUT2D eigenvalue weighted by Crippen LogP contribution is 2.29. The minimum atomic E-state index is -3.61. The molecule has 1 fully saturated rings. The minimum absolute atomic E-state index is 0.0185. The second-order valence-corrected chi connectivity index (χ2v) is 9.14. The Morgan fingerprint density at radius 2 is 1.80 bits per heavy atom. The third-order valence-corrected chi connectivity index (χ3v) is 7.06. The van der Waals surface area contributed by atoms with Crippen LogP contribution in [-0.2, 0) is 10.0 Å². The summed E-state index contributed by atoms with van der Waals surface area (Å²) in [5.41, 5.74) is -0.0995. The van der Waals surface area contributed by atoms with Crippen molar-refractivity contribution in [2.24, 2.45) is 5.92 Å².